The Balaban J connectivity index is 1.35. The second-order valence-electron chi connectivity index (χ2n) is 9.23. The predicted molar refractivity (Wildman–Crippen MR) is 136 cm³/mol. The molecule has 1 aliphatic rings. The maximum Gasteiger partial charge on any atom is 0.277 e. The number of anilines is 1. The lowest BCUT2D eigenvalue weighted by molar-refractivity contribution is -0.131. The van der Waals surface area contributed by atoms with E-state index in [1.807, 2.05) is 31.0 Å². The van der Waals surface area contributed by atoms with Gasteiger partial charge in [0.05, 0.1) is 18.2 Å². The van der Waals surface area contributed by atoms with Crippen LogP contribution in [-0.2, 0) is 18.3 Å². The van der Waals surface area contributed by atoms with Gasteiger partial charge >= 0.3 is 0 Å². The number of aromatic nitrogens is 3. The number of hydroxylamine groups is 1. The first kappa shape index (κ1) is 25.4. The lowest BCUT2D eigenvalue weighted by Gasteiger charge is -2.35. The van der Waals surface area contributed by atoms with Gasteiger partial charge in [0.2, 0.25) is 11.9 Å². The first-order chi connectivity index (χ1) is 17.4. The molecule has 0 spiro atoms. The molecule has 0 aliphatic carbocycles. The molecule has 10 nitrogen and oxygen atoms in total. The Morgan fingerprint density at radius 3 is 2.58 bits per heavy atom. The van der Waals surface area contributed by atoms with E-state index in [-0.39, 0.29) is 11.5 Å². The van der Waals surface area contributed by atoms with Gasteiger partial charge in [-0.3, -0.25) is 14.8 Å². The van der Waals surface area contributed by atoms with Crippen molar-refractivity contribution in [1.29, 1.82) is 0 Å². The molecule has 192 valence electrons. The molecular weight excluding hydrogens is 460 g/mol. The number of methoxy groups -OCH3 is 1. The molecule has 0 saturated carbocycles. The van der Waals surface area contributed by atoms with E-state index >= 15 is 0 Å². The minimum atomic E-state index is -0.635. The lowest BCUT2D eigenvalue weighted by Crippen LogP contribution is -2.42. The highest BCUT2D eigenvalue weighted by Gasteiger charge is 2.25. The highest BCUT2D eigenvalue weighted by Crippen LogP contribution is 2.26. The quantitative estimate of drug-likeness (QED) is 0.347. The van der Waals surface area contributed by atoms with Gasteiger partial charge in [-0.05, 0) is 42.9 Å². The average molecular weight is 495 g/mol. The number of rotatable bonds is 9. The van der Waals surface area contributed by atoms with E-state index in [1.165, 1.54) is 23.3 Å². The predicted octanol–water partition coefficient (Wildman–Crippen LogP) is 2.79. The van der Waals surface area contributed by atoms with Gasteiger partial charge in [0.25, 0.3) is 5.91 Å². The van der Waals surface area contributed by atoms with Gasteiger partial charge in [0.15, 0.2) is 0 Å². The topological polar surface area (TPSA) is 113 Å². The second kappa shape index (κ2) is 11.4. The monoisotopic (exact) mass is 494 g/mol. The van der Waals surface area contributed by atoms with Crippen LogP contribution in [0.25, 0.3) is 10.9 Å². The maximum absolute atomic E-state index is 12.8. The van der Waals surface area contributed by atoms with E-state index in [0.29, 0.717) is 24.8 Å². The standard InChI is InChI=1S/C26H34N6O4/c1-4-24(33)32(12-9-19-17-30(2)23-13-21(36-3)5-6-22(19)23)16-18-7-10-31(11-8-18)26-27-14-20(15-28-26)25(34)29-35/h5-6,13-15,17-18,35H,4,7-12,16H2,1-3H3,(H,29,34). The van der Waals surface area contributed by atoms with Gasteiger partial charge in [-0.2, -0.15) is 0 Å². The lowest BCUT2D eigenvalue weighted by atomic mass is 9.96. The van der Waals surface area contributed by atoms with Gasteiger partial charge in [-0.1, -0.05) is 6.92 Å². The van der Waals surface area contributed by atoms with E-state index in [2.05, 4.69) is 31.7 Å². The molecule has 3 heterocycles. The Bertz CT molecular complexity index is 1200. The van der Waals surface area contributed by atoms with Gasteiger partial charge < -0.3 is 19.1 Å². The minimum absolute atomic E-state index is 0.181. The van der Waals surface area contributed by atoms with Crippen LogP contribution in [0.2, 0.25) is 0 Å². The van der Waals surface area contributed by atoms with E-state index in [4.69, 9.17) is 9.94 Å². The third-order valence-corrected chi connectivity index (χ3v) is 6.96. The molecule has 3 aromatic rings. The van der Waals surface area contributed by atoms with Gasteiger partial charge in [-0.25, -0.2) is 15.4 Å². The van der Waals surface area contributed by atoms with Crippen molar-refractivity contribution in [1.82, 2.24) is 24.9 Å². The van der Waals surface area contributed by atoms with Crippen molar-refractivity contribution in [3.05, 3.63) is 47.9 Å². The van der Waals surface area contributed by atoms with Crippen molar-refractivity contribution in [2.75, 3.05) is 38.2 Å². The molecule has 2 amide bonds. The van der Waals surface area contributed by atoms with Crippen molar-refractivity contribution < 1.29 is 19.5 Å². The van der Waals surface area contributed by atoms with E-state index in [1.54, 1.807) is 12.6 Å². The number of fused-ring (bicyclic) bond motifs is 1. The highest BCUT2D eigenvalue weighted by molar-refractivity contribution is 5.92. The molecule has 0 bridgehead atoms. The summed E-state index contributed by atoms with van der Waals surface area (Å²) in [4.78, 5) is 36.9. The summed E-state index contributed by atoms with van der Waals surface area (Å²) in [5.74, 6) is 1.36. The van der Waals surface area contributed by atoms with Crippen molar-refractivity contribution in [2.45, 2.75) is 32.6 Å². The fourth-order valence-corrected chi connectivity index (χ4v) is 4.86. The Kier molecular flexibility index (Phi) is 8.04. The number of hydrogen-bond donors (Lipinski definition) is 2. The van der Waals surface area contributed by atoms with Crippen molar-refractivity contribution in [3.8, 4) is 5.75 Å². The molecule has 0 atom stereocenters. The first-order valence-electron chi connectivity index (χ1n) is 12.3. The van der Waals surface area contributed by atoms with Gasteiger partial charge in [-0.15, -0.1) is 0 Å². The summed E-state index contributed by atoms with van der Waals surface area (Å²) in [6.07, 6.45) is 8.12. The van der Waals surface area contributed by atoms with Crippen LogP contribution in [0.3, 0.4) is 0 Å². The summed E-state index contributed by atoms with van der Waals surface area (Å²) in [7, 11) is 3.71. The van der Waals surface area contributed by atoms with Crippen LogP contribution in [-0.4, -0.2) is 69.7 Å². The number of ether oxygens (including phenoxy) is 1. The smallest absolute Gasteiger partial charge is 0.277 e. The fourth-order valence-electron chi connectivity index (χ4n) is 4.86. The van der Waals surface area contributed by atoms with Crippen LogP contribution in [0.5, 0.6) is 5.75 Å². The molecule has 1 aliphatic heterocycles. The van der Waals surface area contributed by atoms with Crippen LogP contribution in [0.1, 0.15) is 42.1 Å². The van der Waals surface area contributed by atoms with Crippen LogP contribution in [0.15, 0.2) is 36.8 Å². The fraction of sp³-hybridized carbons (Fsp3) is 0.462. The van der Waals surface area contributed by atoms with Crippen LogP contribution >= 0.6 is 0 Å². The SMILES string of the molecule is CCC(=O)N(CCc1cn(C)c2cc(OC)ccc12)CC1CCN(c2ncc(C(=O)NO)cn2)CC1. The number of piperidine rings is 1. The normalized spacial score (nSPS) is 14.2. The molecule has 0 unspecified atom stereocenters. The zero-order valence-electron chi connectivity index (χ0n) is 21.1. The van der Waals surface area contributed by atoms with Gasteiger partial charge in [0, 0.05) is 69.7 Å². The number of carbonyl (C=O) groups excluding carboxylic acids is 2. The summed E-state index contributed by atoms with van der Waals surface area (Å²) in [5, 5.41) is 9.93. The molecule has 1 aromatic carbocycles. The molecule has 0 radical (unpaired) electrons. The first-order valence-corrected chi connectivity index (χ1v) is 12.3. The van der Waals surface area contributed by atoms with E-state index in [0.717, 1.165) is 50.2 Å². The molecular formula is C26H34N6O4. The average Bonchev–Trinajstić information content (AvgIpc) is 3.24. The summed E-state index contributed by atoms with van der Waals surface area (Å²) < 4.78 is 7.48. The molecule has 2 aromatic heterocycles. The largest absolute Gasteiger partial charge is 0.497 e. The van der Waals surface area contributed by atoms with Crippen molar-refractivity contribution in [3.63, 3.8) is 0 Å². The van der Waals surface area contributed by atoms with Crippen LogP contribution in [0.4, 0.5) is 5.95 Å². The molecule has 1 fully saturated rings. The van der Waals surface area contributed by atoms with Crippen LogP contribution < -0.4 is 15.1 Å². The van der Waals surface area contributed by atoms with Crippen LogP contribution in [0, 0.1) is 5.92 Å². The zero-order chi connectivity index (χ0) is 25.7. The Morgan fingerprint density at radius 2 is 1.94 bits per heavy atom. The molecule has 36 heavy (non-hydrogen) atoms. The highest BCUT2D eigenvalue weighted by atomic mass is 16.5. The number of aryl methyl sites for hydroxylation is 1. The Morgan fingerprint density at radius 1 is 1.22 bits per heavy atom. The number of carbonyl (C=O) groups is 2. The van der Waals surface area contributed by atoms with Crippen molar-refractivity contribution >= 4 is 28.7 Å². The minimum Gasteiger partial charge on any atom is -0.497 e. The number of benzene rings is 1. The van der Waals surface area contributed by atoms with Crippen molar-refractivity contribution in [2.24, 2.45) is 13.0 Å². The van der Waals surface area contributed by atoms with Gasteiger partial charge in [0.1, 0.15) is 5.75 Å². The van der Waals surface area contributed by atoms with E-state index < -0.39 is 5.91 Å². The van der Waals surface area contributed by atoms with E-state index in [9.17, 15) is 9.59 Å². The number of hydrogen-bond acceptors (Lipinski definition) is 7. The number of nitrogens with zero attached hydrogens (tertiary/aromatic N) is 5. The molecule has 1 saturated heterocycles. The molecule has 10 heteroatoms. The second-order valence-corrected chi connectivity index (χ2v) is 9.23. The summed E-state index contributed by atoms with van der Waals surface area (Å²) in [6, 6.07) is 6.11. The third kappa shape index (κ3) is 5.59. The maximum atomic E-state index is 12.8. The Hall–Kier alpha value is -3.66. The Labute approximate surface area is 210 Å². The molecule has 2 N–H and O–H groups in total. The zero-order valence-corrected chi connectivity index (χ0v) is 21.1. The molecule has 4 rings (SSSR count). The summed E-state index contributed by atoms with van der Waals surface area (Å²) in [5.41, 5.74) is 4.14. The summed E-state index contributed by atoms with van der Waals surface area (Å²) in [6.45, 7) is 4.93. The number of amides is 2. The number of nitrogens with one attached hydrogen (secondary N) is 1. The summed E-state index contributed by atoms with van der Waals surface area (Å²) >= 11 is 0. The third-order valence-electron chi connectivity index (χ3n) is 6.96.